The van der Waals surface area contributed by atoms with Gasteiger partial charge in [0.05, 0.1) is 6.10 Å². The molecule has 1 aromatic rings. The highest BCUT2D eigenvalue weighted by Gasteiger charge is 2.24. The lowest BCUT2D eigenvalue weighted by Crippen LogP contribution is -2.26. The Balaban J connectivity index is 2.01. The summed E-state index contributed by atoms with van der Waals surface area (Å²) in [5.74, 6) is 0. The number of hydrogen-bond acceptors (Lipinski definition) is 4. The van der Waals surface area contributed by atoms with Crippen LogP contribution >= 0.6 is 11.8 Å². The molecule has 0 saturated heterocycles. The molecule has 0 radical (unpaired) electrons. The maximum Gasteiger partial charge on any atom is 0.188 e. The summed E-state index contributed by atoms with van der Waals surface area (Å²) >= 11 is 1.61. The predicted octanol–water partition coefficient (Wildman–Crippen LogP) is 2.18. The van der Waals surface area contributed by atoms with Gasteiger partial charge >= 0.3 is 0 Å². The van der Waals surface area contributed by atoms with Crippen LogP contribution in [0.5, 0.6) is 0 Å². The SMILES string of the molecule is Cc1ccnc(S[C@H]2CCCC[C@@H]2O)n1. The molecule has 0 aliphatic heterocycles. The summed E-state index contributed by atoms with van der Waals surface area (Å²) in [5, 5.41) is 10.9. The fourth-order valence-corrected chi connectivity index (χ4v) is 3.00. The molecule has 1 N–H and O–H groups in total. The Kier molecular flexibility index (Phi) is 3.59. The molecule has 15 heavy (non-hydrogen) atoms. The maximum atomic E-state index is 9.82. The minimum Gasteiger partial charge on any atom is -0.392 e. The highest BCUT2D eigenvalue weighted by molar-refractivity contribution is 7.99. The van der Waals surface area contributed by atoms with E-state index in [2.05, 4.69) is 9.97 Å². The van der Waals surface area contributed by atoms with Gasteiger partial charge in [-0.05, 0) is 25.8 Å². The molecule has 1 aliphatic carbocycles. The van der Waals surface area contributed by atoms with Crippen LogP contribution in [0, 0.1) is 6.92 Å². The molecule has 0 amide bonds. The van der Waals surface area contributed by atoms with Crippen molar-refractivity contribution in [1.82, 2.24) is 9.97 Å². The average molecular weight is 224 g/mol. The van der Waals surface area contributed by atoms with Crippen molar-refractivity contribution in [3.63, 3.8) is 0 Å². The number of aliphatic hydroxyl groups excluding tert-OH is 1. The first-order chi connectivity index (χ1) is 7.25. The standard InChI is InChI=1S/C11H16N2OS/c1-8-6-7-12-11(13-8)15-10-5-3-2-4-9(10)14/h6-7,9-10,14H,2-5H2,1H3/t9-,10-/m0/s1. The van der Waals surface area contributed by atoms with Gasteiger partial charge in [0.2, 0.25) is 0 Å². The molecular formula is C11H16N2OS. The normalized spacial score (nSPS) is 26.5. The van der Waals surface area contributed by atoms with Crippen LogP contribution in [-0.2, 0) is 0 Å². The first-order valence-electron chi connectivity index (χ1n) is 5.40. The lowest BCUT2D eigenvalue weighted by molar-refractivity contribution is 0.137. The van der Waals surface area contributed by atoms with Crippen molar-refractivity contribution in [2.24, 2.45) is 0 Å². The number of rotatable bonds is 2. The highest BCUT2D eigenvalue weighted by atomic mass is 32.2. The predicted molar refractivity (Wildman–Crippen MR) is 60.9 cm³/mol. The second-order valence-corrected chi connectivity index (χ2v) is 5.20. The average Bonchev–Trinajstić information content (AvgIpc) is 2.22. The second-order valence-electron chi connectivity index (χ2n) is 3.99. The molecule has 1 aliphatic rings. The molecule has 2 atom stereocenters. The summed E-state index contributed by atoms with van der Waals surface area (Å²) in [5.41, 5.74) is 0.984. The molecule has 4 heteroatoms. The molecule has 82 valence electrons. The minimum atomic E-state index is -0.187. The highest BCUT2D eigenvalue weighted by Crippen LogP contribution is 2.31. The number of aromatic nitrogens is 2. The van der Waals surface area contributed by atoms with E-state index in [0.717, 1.165) is 30.1 Å². The van der Waals surface area contributed by atoms with Crippen molar-refractivity contribution in [3.05, 3.63) is 18.0 Å². The lowest BCUT2D eigenvalue weighted by atomic mass is 9.97. The van der Waals surface area contributed by atoms with Crippen molar-refractivity contribution < 1.29 is 5.11 Å². The smallest absolute Gasteiger partial charge is 0.188 e. The molecule has 1 saturated carbocycles. The van der Waals surface area contributed by atoms with Crippen molar-refractivity contribution in [2.75, 3.05) is 0 Å². The number of aryl methyl sites for hydroxylation is 1. The van der Waals surface area contributed by atoms with Gasteiger partial charge in [-0.2, -0.15) is 0 Å². The Bertz CT molecular complexity index is 332. The van der Waals surface area contributed by atoms with Crippen molar-refractivity contribution >= 4 is 11.8 Å². The summed E-state index contributed by atoms with van der Waals surface area (Å²) in [6, 6.07) is 1.89. The van der Waals surface area contributed by atoms with Gasteiger partial charge in [-0.25, -0.2) is 9.97 Å². The van der Waals surface area contributed by atoms with Crippen LogP contribution < -0.4 is 0 Å². The zero-order valence-corrected chi connectivity index (χ0v) is 9.70. The largest absolute Gasteiger partial charge is 0.392 e. The Morgan fingerprint density at radius 1 is 1.40 bits per heavy atom. The molecule has 1 aromatic heterocycles. The van der Waals surface area contributed by atoms with E-state index >= 15 is 0 Å². The molecule has 2 rings (SSSR count). The molecule has 0 spiro atoms. The summed E-state index contributed by atoms with van der Waals surface area (Å²) in [6.07, 6.45) is 5.94. The molecule has 3 nitrogen and oxygen atoms in total. The zero-order chi connectivity index (χ0) is 10.7. The third-order valence-corrected chi connectivity index (χ3v) is 3.96. The van der Waals surface area contributed by atoms with Gasteiger partial charge in [-0.1, -0.05) is 24.6 Å². The summed E-state index contributed by atoms with van der Waals surface area (Å²) in [4.78, 5) is 8.55. The Morgan fingerprint density at radius 3 is 2.93 bits per heavy atom. The van der Waals surface area contributed by atoms with Crippen LogP contribution in [0.1, 0.15) is 31.4 Å². The molecule has 0 aromatic carbocycles. The van der Waals surface area contributed by atoms with E-state index in [1.54, 1.807) is 18.0 Å². The van der Waals surface area contributed by atoms with Crippen LogP contribution in [0.25, 0.3) is 0 Å². The van der Waals surface area contributed by atoms with Gasteiger partial charge in [0, 0.05) is 17.1 Å². The fourth-order valence-electron chi connectivity index (χ4n) is 1.83. The summed E-state index contributed by atoms with van der Waals surface area (Å²) < 4.78 is 0. The molecule has 1 heterocycles. The quantitative estimate of drug-likeness (QED) is 0.782. The van der Waals surface area contributed by atoms with Crippen LogP contribution in [0.3, 0.4) is 0 Å². The van der Waals surface area contributed by atoms with E-state index in [0.29, 0.717) is 0 Å². The van der Waals surface area contributed by atoms with E-state index in [-0.39, 0.29) is 11.4 Å². The third-order valence-electron chi connectivity index (χ3n) is 2.70. The monoisotopic (exact) mass is 224 g/mol. The molecule has 1 fully saturated rings. The first-order valence-corrected chi connectivity index (χ1v) is 6.28. The number of nitrogens with zero attached hydrogens (tertiary/aromatic N) is 2. The lowest BCUT2D eigenvalue weighted by Gasteiger charge is -2.26. The third kappa shape index (κ3) is 2.92. The molecule has 0 bridgehead atoms. The van der Waals surface area contributed by atoms with E-state index in [1.807, 2.05) is 13.0 Å². The van der Waals surface area contributed by atoms with Gasteiger partial charge in [0.15, 0.2) is 5.16 Å². The second kappa shape index (κ2) is 4.94. The van der Waals surface area contributed by atoms with Crippen LogP contribution in [0.2, 0.25) is 0 Å². The summed E-state index contributed by atoms with van der Waals surface area (Å²) in [6.45, 7) is 1.96. The van der Waals surface area contributed by atoms with Crippen LogP contribution in [-0.4, -0.2) is 26.4 Å². The number of thioether (sulfide) groups is 1. The Hall–Kier alpha value is -0.610. The summed E-state index contributed by atoms with van der Waals surface area (Å²) in [7, 11) is 0. The number of hydrogen-bond donors (Lipinski definition) is 1. The topological polar surface area (TPSA) is 46.0 Å². The van der Waals surface area contributed by atoms with Crippen LogP contribution in [0.15, 0.2) is 17.4 Å². The minimum absolute atomic E-state index is 0.187. The van der Waals surface area contributed by atoms with Crippen molar-refractivity contribution in [2.45, 2.75) is 49.1 Å². The van der Waals surface area contributed by atoms with Gasteiger partial charge in [0.25, 0.3) is 0 Å². The maximum absolute atomic E-state index is 9.82. The van der Waals surface area contributed by atoms with Crippen molar-refractivity contribution in [3.8, 4) is 0 Å². The first kappa shape index (κ1) is 10.9. The van der Waals surface area contributed by atoms with Gasteiger partial charge in [-0.3, -0.25) is 0 Å². The van der Waals surface area contributed by atoms with E-state index in [9.17, 15) is 5.11 Å². The Labute approximate surface area is 94.3 Å². The van der Waals surface area contributed by atoms with Gasteiger partial charge < -0.3 is 5.11 Å². The number of aliphatic hydroxyl groups is 1. The molecule has 0 unspecified atom stereocenters. The zero-order valence-electron chi connectivity index (χ0n) is 8.89. The van der Waals surface area contributed by atoms with Crippen LogP contribution in [0.4, 0.5) is 0 Å². The van der Waals surface area contributed by atoms with E-state index < -0.39 is 0 Å². The van der Waals surface area contributed by atoms with Gasteiger partial charge in [-0.15, -0.1) is 0 Å². The fraction of sp³-hybridized carbons (Fsp3) is 0.636. The van der Waals surface area contributed by atoms with Gasteiger partial charge in [0.1, 0.15) is 0 Å². The van der Waals surface area contributed by atoms with E-state index in [1.165, 1.54) is 6.42 Å². The van der Waals surface area contributed by atoms with Crippen molar-refractivity contribution in [1.29, 1.82) is 0 Å². The molecular weight excluding hydrogens is 208 g/mol. The van der Waals surface area contributed by atoms with E-state index in [4.69, 9.17) is 0 Å². The Morgan fingerprint density at radius 2 is 2.20 bits per heavy atom.